The van der Waals surface area contributed by atoms with Gasteiger partial charge in [-0.2, -0.15) is 0 Å². The molecule has 1 saturated heterocycles. The van der Waals surface area contributed by atoms with E-state index in [9.17, 15) is 14.7 Å². The Kier molecular flexibility index (Phi) is 10.2. The van der Waals surface area contributed by atoms with Crippen molar-refractivity contribution in [3.8, 4) is 11.1 Å². The van der Waals surface area contributed by atoms with Crippen LogP contribution in [0.2, 0.25) is 5.02 Å². The quantitative estimate of drug-likeness (QED) is 0.358. The average molecular weight is 560 g/mol. The van der Waals surface area contributed by atoms with Crippen molar-refractivity contribution in [2.75, 3.05) is 26.7 Å². The molecule has 1 aromatic heterocycles. The molecule has 1 unspecified atom stereocenters. The molecule has 3 rings (SSSR count). The highest BCUT2D eigenvalue weighted by atomic mass is 35.5. The molecule has 1 aliphatic rings. The number of ether oxygens (including phenoxy) is 2. The summed E-state index contributed by atoms with van der Waals surface area (Å²) >= 11 is 6.78. The predicted molar refractivity (Wildman–Crippen MR) is 153 cm³/mol. The number of nitrogens with one attached hydrogen (secondary N) is 1. The normalized spacial score (nSPS) is 17.5. The van der Waals surface area contributed by atoms with Crippen molar-refractivity contribution >= 4 is 23.8 Å². The molecular weight excluding hydrogens is 518 g/mol. The zero-order valence-electron chi connectivity index (χ0n) is 23.9. The Labute approximate surface area is 237 Å². The number of nitrogens with zero attached hydrogens (tertiary/aromatic N) is 2. The van der Waals surface area contributed by atoms with Gasteiger partial charge in [-0.25, -0.2) is 9.59 Å². The summed E-state index contributed by atoms with van der Waals surface area (Å²) in [4.78, 5) is 30.6. The number of hydrogen-bond acceptors (Lipinski definition) is 6. The van der Waals surface area contributed by atoms with Crippen LogP contribution >= 0.6 is 11.6 Å². The molecule has 0 saturated carbocycles. The van der Waals surface area contributed by atoms with E-state index in [1.54, 1.807) is 17.3 Å². The summed E-state index contributed by atoms with van der Waals surface area (Å²) in [6.07, 6.45) is 4.59. The average Bonchev–Trinajstić information content (AvgIpc) is 2.89. The van der Waals surface area contributed by atoms with Crippen LogP contribution in [0.5, 0.6) is 0 Å². The van der Waals surface area contributed by atoms with Crippen molar-refractivity contribution in [2.24, 2.45) is 5.92 Å². The van der Waals surface area contributed by atoms with Gasteiger partial charge < -0.3 is 24.8 Å². The van der Waals surface area contributed by atoms with E-state index in [-0.39, 0.29) is 5.92 Å². The first-order chi connectivity index (χ1) is 18.4. The molecule has 214 valence electrons. The van der Waals surface area contributed by atoms with Crippen molar-refractivity contribution in [3.05, 3.63) is 52.8 Å². The second-order valence-electron chi connectivity index (χ2n) is 11.5. The first kappa shape index (κ1) is 30.7. The number of hydrogen-bond donors (Lipinski definition) is 2. The number of rotatable bonds is 8. The van der Waals surface area contributed by atoms with Crippen LogP contribution in [0.25, 0.3) is 11.1 Å². The Bertz CT molecular complexity index is 1150. The highest BCUT2D eigenvalue weighted by Gasteiger charge is 2.43. The number of piperidine rings is 1. The van der Waals surface area contributed by atoms with Crippen LogP contribution in [-0.2, 0) is 15.1 Å². The molecule has 8 nitrogen and oxygen atoms in total. The lowest BCUT2D eigenvalue weighted by Gasteiger charge is -2.43. The van der Waals surface area contributed by atoms with Gasteiger partial charge in [0.15, 0.2) is 0 Å². The van der Waals surface area contributed by atoms with Crippen molar-refractivity contribution < 1.29 is 24.2 Å². The molecule has 1 aliphatic heterocycles. The topological polar surface area (TPSA) is 101 Å². The predicted octanol–water partition coefficient (Wildman–Crippen LogP) is 6.50. The van der Waals surface area contributed by atoms with Gasteiger partial charge in [0, 0.05) is 49.1 Å². The summed E-state index contributed by atoms with van der Waals surface area (Å²) in [5, 5.41) is 15.7. The Morgan fingerprint density at radius 2 is 2.00 bits per heavy atom. The van der Waals surface area contributed by atoms with E-state index in [2.05, 4.69) is 41.0 Å². The van der Waals surface area contributed by atoms with Gasteiger partial charge in [-0.05, 0) is 63.5 Å². The molecule has 2 atom stereocenters. The highest BCUT2D eigenvalue weighted by Crippen LogP contribution is 2.45. The monoisotopic (exact) mass is 559 g/mol. The van der Waals surface area contributed by atoms with Gasteiger partial charge in [-0.1, -0.05) is 49.7 Å². The zero-order chi connectivity index (χ0) is 28.8. The number of aromatic nitrogens is 1. The number of halogens is 1. The van der Waals surface area contributed by atoms with Crippen molar-refractivity contribution in [1.82, 2.24) is 15.2 Å². The van der Waals surface area contributed by atoms with E-state index in [1.807, 2.05) is 32.9 Å². The van der Waals surface area contributed by atoms with Gasteiger partial charge in [0.25, 0.3) is 0 Å². The molecule has 0 bridgehead atoms. The number of alkyl carbamates (subject to hydrolysis) is 1. The third-order valence-corrected chi connectivity index (χ3v) is 7.43. The molecule has 9 heteroatoms. The number of pyridine rings is 1. The van der Waals surface area contributed by atoms with Crippen LogP contribution in [0.4, 0.5) is 9.59 Å². The minimum Gasteiger partial charge on any atom is -0.453 e. The molecule has 2 aromatic rings. The van der Waals surface area contributed by atoms with Gasteiger partial charge in [-0.3, -0.25) is 4.98 Å². The molecule has 0 spiro atoms. The van der Waals surface area contributed by atoms with E-state index < -0.39 is 23.4 Å². The zero-order valence-corrected chi connectivity index (χ0v) is 24.7. The largest absolute Gasteiger partial charge is 0.453 e. The fourth-order valence-corrected chi connectivity index (χ4v) is 5.42. The number of aliphatic hydroxyl groups is 1. The molecular formula is C30H42ClN3O5. The summed E-state index contributed by atoms with van der Waals surface area (Å²) in [7, 11) is 1.31. The first-order valence-corrected chi connectivity index (χ1v) is 14.0. The molecule has 39 heavy (non-hydrogen) atoms. The molecule has 0 aliphatic carbocycles. The maximum absolute atomic E-state index is 13.0. The Hall–Kier alpha value is -2.84. The highest BCUT2D eigenvalue weighted by molar-refractivity contribution is 6.33. The molecule has 1 fully saturated rings. The van der Waals surface area contributed by atoms with Gasteiger partial charge >= 0.3 is 12.2 Å². The third kappa shape index (κ3) is 7.85. The number of benzene rings is 1. The number of carbonyl (C=O) groups excluding carboxylic acids is 2. The SMILES string of the molecule is COC(=O)NCCCC(O)(c1cncc(Cl)c1-c1cccc(C(C)C)c1)[C@@H]1CCCN(C(=O)OC(C)(C)C)C1. The van der Waals surface area contributed by atoms with Crippen LogP contribution in [-0.4, -0.2) is 59.5 Å². The standard InChI is InChI=1S/C30H42ClN3O5/c1-20(2)21-10-7-11-22(16-21)26-24(17-32-18-25(26)31)30(37,13-9-14-33-27(35)38-6)23-12-8-15-34(19-23)28(36)39-29(3,4)5/h7,10-11,16-18,20,23,37H,8-9,12-15,19H2,1-6H3,(H,33,35)/t23-,30?/m1/s1. The summed E-state index contributed by atoms with van der Waals surface area (Å²) in [5.74, 6) is 0.0159. The van der Waals surface area contributed by atoms with E-state index >= 15 is 0 Å². The van der Waals surface area contributed by atoms with E-state index in [1.165, 1.54) is 7.11 Å². The molecule has 1 aromatic carbocycles. The lowest BCUT2D eigenvalue weighted by molar-refractivity contribution is -0.0631. The summed E-state index contributed by atoms with van der Waals surface area (Å²) in [5.41, 5.74) is 1.41. The van der Waals surface area contributed by atoms with Gasteiger partial charge in [0.1, 0.15) is 5.60 Å². The van der Waals surface area contributed by atoms with Crippen LogP contribution in [0.3, 0.4) is 0 Å². The van der Waals surface area contributed by atoms with Crippen LogP contribution in [0.1, 0.15) is 77.3 Å². The van der Waals surface area contributed by atoms with E-state index in [0.29, 0.717) is 55.4 Å². The maximum atomic E-state index is 13.0. The second kappa shape index (κ2) is 13.0. The second-order valence-corrected chi connectivity index (χ2v) is 11.9. The summed E-state index contributed by atoms with van der Waals surface area (Å²) < 4.78 is 10.3. The number of amides is 2. The fraction of sp³-hybridized carbons (Fsp3) is 0.567. The Morgan fingerprint density at radius 1 is 1.26 bits per heavy atom. The molecule has 0 radical (unpaired) electrons. The Morgan fingerprint density at radius 3 is 2.67 bits per heavy atom. The van der Waals surface area contributed by atoms with Gasteiger partial charge in [0.2, 0.25) is 0 Å². The third-order valence-electron chi connectivity index (χ3n) is 7.15. The number of likely N-dealkylation sites (tertiary alicyclic amines) is 1. The minimum absolute atomic E-state index is 0.302. The molecule has 2 heterocycles. The van der Waals surface area contributed by atoms with E-state index in [4.69, 9.17) is 16.3 Å². The first-order valence-electron chi connectivity index (χ1n) is 13.6. The van der Waals surface area contributed by atoms with Gasteiger partial charge in [0.05, 0.1) is 17.7 Å². The van der Waals surface area contributed by atoms with E-state index in [0.717, 1.165) is 23.1 Å². The Balaban J connectivity index is 2.04. The van der Waals surface area contributed by atoms with Gasteiger partial charge in [-0.15, -0.1) is 0 Å². The number of carbonyl (C=O) groups is 2. The summed E-state index contributed by atoms with van der Waals surface area (Å²) in [6, 6.07) is 8.16. The maximum Gasteiger partial charge on any atom is 0.410 e. The van der Waals surface area contributed by atoms with Crippen LogP contribution in [0, 0.1) is 5.92 Å². The van der Waals surface area contributed by atoms with Crippen molar-refractivity contribution in [2.45, 2.75) is 77.4 Å². The smallest absolute Gasteiger partial charge is 0.410 e. The summed E-state index contributed by atoms with van der Waals surface area (Å²) in [6.45, 7) is 11.0. The lowest BCUT2D eigenvalue weighted by atomic mass is 9.72. The molecule has 2 amide bonds. The lowest BCUT2D eigenvalue weighted by Crippen LogP contribution is -2.49. The van der Waals surface area contributed by atoms with Crippen LogP contribution in [0.15, 0.2) is 36.7 Å². The number of methoxy groups -OCH3 is 1. The van der Waals surface area contributed by atoms with Crippen molar-refractivity contribution in [3.63, 3.8) is 0 Å². The molecule has 2 N–H and O–H groups in total. The fourth-order valence-electron chi connectivity index (χ4n) is 5.15. The minimum atomic E-state index is -1.38. The van der Waals surface area contributed by atoms with Crippen LogP contribution < -0.4 is 5.32 Å². The van der Waals surface area contributed by atoms with Crippen molar-refractivity contribution in [1.29, 1.82) is 0 Å².